The highest BCUT2D eigenvalue weighted by molar-refractivity contribution is 7.84. The van der Waals surface area contributed by atoms with E-state index < -0.39 is 11.0 Å². The minimum atomic E-state index is -1.27. The lowest BCUT2D eigenvalue weighted by Gasteiger charge is -2.50. The predicted octanol–water partition coefficient (Wildman–Crippen LogP) is 2.66. The van der Waals surface area contributed by atoms with Gasteiger partial charge in [-0.2, -0.15) is 0 Å². The molecule has 0 bridgehead atoms. The highest BCUT2D eigenvalue weighted by Crippen LogP contribution is 2.50. The SMILES string of the molecule is CC(C)(C[C@H]1CCc2ccccc2C12CCNCC2)S(N)=O. The summed E-state index contributed by atoms with van der Waals surface area (Å²) in [5.74, 6) is 0.576. The molecule has 1 fully saturated rings. The Morgan fingerprint density at radius 3 is 2.68 bits per heavy atom. The number of nitrogens with one attached hydrogen (secondary N) is 1. The van der Waals surface area contributed by atoms with Crippen LogP contribution in [0.3, 0.4) is 0 Å². The number of fused-ring (bicyclic) bond motifs is 2. The van der Waals surface area contributed by atoms with Crippen molar-refractivity contribution < 1.29 is 4.21 Å². The molecule has 122 valence electrons. The molecule has 1 saturated heterocycles. The van der Waals surface area contributed by atoms with Gasteiger partial charge in [0.15, 0.2) is 0 Å². The topological polar surface area (TPSA) is 55.1 Å². The number of hydrogen-bond acceptors (Lipinski definition) is 2. The van der Waals surface area contributed by atoms with Gasteiger partial charge in [-0.15, -0.1) is 0 Å². The molecule has 4 heteroatoms. The summed E-state index contributed by atoms with van der Waals surface area (Å²) < 4.78 is 11.6. The molecule has 1 aliphatic carbocycles. The van der Waals surface area contributed by atoms with Gasteiger partial charge in [-0.1, -0.05) is 24.3 Å². The third-order valence-corrected chi connectivity index (χ3v) is 7.13. The van der Waals surface area contributed by atoms with E-state index in [-0.39, 0.29) is 10.2 Å². The Kier molecular flexibility index (Phi) is 4.45. The fourth-order valence-electron chi connectivity index (χ4n) is 4.57. The van der Waals surface area contributed by atoms with Crippen molar-refractivity contribution in [1.82, 2.24) is 5.32 Å². The van der Waals surface area contributed by atoms with Crippen molar-refractivity contribution in [2.24, 2.45) is 11.1 Å². The van der Waals surface area contributed by atoms with Gasteiger partial charge in [0, 0.05) is 5.41 Å². The van der Waals surface area contributed by atoms with E-state index in [1.165, 1.54) is 24.8 Å². The van der Waals surface area contributed by atoms with Crippen LogP contribution in [0.2, 0.25) is 0 Å². The maximum absolute atomic E-state index is 11.9. The van der Waals surface area contributed by atoms with Gasteiger partial charge in [-0.05, 0) is 76.1 Å². The van der Waals surface area contributed by atoms with Crippen LogP contribution >= 0.6 is 0 Å². The van der Waals surface area contributed by atoms with Crippen molar-refractivity contribution in [2.75, 3.05) is 13.1 Å². The minimum Gasteiger partial charge on any atom is -0.317 e. The van der Waals surface area contributed by atoms with Gasteiger partial charge in [0.1, 0.15) is 0 Å². The highest BCUT2D eigenvalue weighted by Gasteiger charge is 2.46. The Morgan fingerprint density at radius 2 is 2.00 bits per heavy atom. The molecule has 2 aliphatic rings. The predicted molar refractivity (Wildman–Crippen MR) is 93.1 cm³/mol. The monoisotopic (exact) mass is 320 g/mol. The van der Waals surface area contributed by atoms with Crippen molar-refractivity contribution in [2.45, 2.75) is 56.1 Å². The van der Waals surface area contributed by atoms with Crippen LogP contribution in [0.5, 0.6) is 0 Å². The zero-order chi connectivity index (χ0) is 15.8. The molecule has 1 aromatic carbocycles. The Morgan fingerprint density at radius 1 is 1.32 bits per heavy atom. The van der Waals surface area contributed by atoms with Crippen LogP contribution in [0.25, 0.3) is 0 Å². The van der Waals surface area contributed by atoms with Gasteiger partial charge in [-0.25, -0.2) is 4.21 Å². The average Bonchev–Trinajstić information content (AvgIpc) is 2.51. The number of aryl methyl sites for hydroxylation is 1. The largest absolute Gasteiger partial charge is 0.317 e. The molecule has 1 unspecified atom stereocenters. The van der Waals surface area contributed by atoms with Gasteiger partial charge in [-0.3, -0.25) is 5.14 Å². The number of hydrogen-bond donors (Lipinski definition) is 2. The third-order valence-electron chi connectivity index (χ3n) is 5.88. The molecule has 22 heavy (non-hydrogen) atoms. The van der Waals surface area contributed by atoms with Crippen LogP contribution in [0.1, 0.15) is 50.7 Å². The van der Waals surface area contributed by atoms with Crippen LogP contribution in [0.15, 0.2) is 24.3 Å². The van der Waals surface area contributed by atoms with Gasteiger partial charge in [0.25, 0.3) is 0 Å². The Balaban J connectivity index is 1.98. The molecule has 0 radical (unpaired) electrons. The zero-order valence-corrected chi connectivity index (χ0v) is 14.5. The number of rotatable bonds is 3. The quantitative estimate of drug-likeness (QED) is 0.899. The van der Waals surface area contributed by atoms with Crippen molar-refractivity contribution >= 4 is 11.0 Å². The molecule has 1 aromatic rings. The van der Waals surface area contributed by atoms with Gasteiger partial charge >= 0.3 is 0 Å². The van der Waals surface area contributed by atoms with Crippen LogP contribution in [0, 0.1) is 5.92 Å². The molecule has 0 aromatic heterocycles. The first-order valence-corrected chi connectivity index (χ1v) is 9.62. The first-order chi connectivity index (χ1) is 10.5. The standard InChI is InChI=1S/C18H28N2OS/c1-17(2,22(19)21)13-15-8-7-14-5-3-4-6-16(14)18(15)9-11-20-12-10-18/h3-6,15,20H,7-13,19H2,1-2H3/t15-,22?/m1/s1. The van der Waals surface area contributed by atoms with Crippen molar-refractivity contribution in [3.63, 3.8) is 0 Å². The molecule has 3 rings (SSSR count). The first kappa shape index (κ1) is 16.2. The Labute approximate surface area is 136 Å². The molecule has 0 amide bonds. The van der Waals surface area contributed by atoms with Gasteiger partial charge in [0.2, 0.25) is 0 Å². The summed E-state index contributed by atoms with van der Waals surface area (Å²) in [7, 11) is -1.27. The summed E-state index contributed by atoms with van der Waals surface area (Å²) in [5, 5.41) is 9.27. The molecule has 1 spiro atoms. The first-order valence-electron chi connectivity index (χ1n) is 8.41. The smallest absolute Gasteiger partial charge is 0.0945 e. The number of benzene rings is 1. The van der Waals surface area contributed by atoms with Crippen LogP contribution in [-0.2, 0) is 22.8 Å². The number of piperidine rings is 1. The van der Waals surface area contributed by atoms with Gasteiger partial charge < -0.3 is 5.32 Å². The molecule has 2 atom stereocenters. The molecule has 3 N–H and O–H groups in total. The summed E-state index contributed by atoms with van der Waals surface area (Å²) in [6.45, 7) is 6.27. The molecule has 1 aliphatic heterocycles. The van der Waals surface area contributed by atoms with Crippen molar-refractivity contribution in [3.05, 3.63) is 35.4 Å². The molecule has 0 saturated carbocycles. The second-order valence-corrected chi connectivity index (χ2v) is 9.26. The fourth-order valence-corrected chi connectivity index (χ4v) is 4.94. The zero-order valence-electron chi connectivity index (χ0n) is 13.7. The van der Waals surface area contributed by atoms with E-state index in [4.69, 9.17) is 5.14 Å². The van der Waals surface area contributed by atoms with E-state index in [9.17, 15) is 4.21 Å². The van der Waals surface area contributed by atoms with E-state index in [0.717, 1.165) is 25.9 Å². The average molecular weight is 321 g/mol. The van der Waals surface area contributed by atoms with Crippen molar-refractivity contribution in [1.29, 1.82) is 0 Å². The highest BCUT2D eigenvalue weighted by atomic mass is 32.2. The van der Waals surface area contributed by atoms with E-state index >= 15 is 0 Å². The molecular weight excluding hydrogens is 292 g/mol. The fraction of sp³-hybridized carbons (Fsp3) is 0.667. The van der Waals surface area contributed by atoms with Crippen LogP contribution in [0.4, 0.5) is 0 Å². The maximum Gasteiger partial charge on any atom is 0.0945 e. The van der Waals surface area contributed by atoms with E-state index in [1.54, 1.807) is 5.56 Å². The lowest BCUT2D eigenvalue weighted by molar-refractivity contribution is 0.157. The number of nitrogens with two attached hydrogens (primary N) is 1. The Hall–Kier alpha value is -0.710. The second kappa shape index (κ2) is 6.06. The third kappa shape index (κ3) is 2.77. The lowest BCUT2D eigenvalue weighted by atomic mass is 9.57. The molecule has 1 heterocycles. The Bertz CT molecular complexity index is 564. The van der Waals surface area contributed by atoms with E-state index in [0.29, 0.717) is 5.92 Å². The summed E-state index contributed by atoms with van der Waals surface area (Å²) in [6, 6.07) is 8.96. The van der Waals surface area contributed by atoms with E-state index in [1.807, 2.05) is 0 Å². The summed E-state index contributed by atoms with van der Waals surface area (Å²) in [4.78, 5) is 0. The lowest BCUT2D eigenvalue weighted by Crippen LogP contribution is -2.50. The molecule has 3 nitrogen and oxygen atoms in total. The maximum atomic E-state index is 11.9. The summed E-state index contributed by atoms with van der Waals surface area (Å²) >= 11 is 0. The summed E-state index contributed by atoms with van der Waals surface area (Å²) in [6.07, 6.45) is 5.65. The second-order valence-electron chi connectivity index (χ2n) is 7.56. The van der Waals surface area contributed by atoms with Gasteiger partial charge in [0.05, 0.1) is 15.7 Å². The summed E-state index contributed by atoms with van der Waals surface area (Å²) in [5.41, 5.74) is 3.31. The minimum absolute atomic E-state index is 0.247. The normalized spacial score (nSPS) is 25.7. The molecular formula is C18H28N2OS. The van der Waals surface area contributed by atoms with Crippen LogP contribution < -0.4 is 10.5 Å². The van der Waals surface area contributed by atoms with Crippen LogP contribution in [-0.4, -0.2) is 22.0 Å². The van der Waals surface area contributed by atoms with E-state index in [2.05, 4.69) is 43.4 Å². The van der Waals surface area contributed by atoms with Crippen molar-refractivity contribution in [3.8, 4) is 0 Å².